The van der Waals surface area contributed by atoms with Crippen molar-refractivity contribution in [1.29, 1.82) is 0 Å². The Morgan fingerprint density at radius 2 is 2.29 bits per heavy atom. The van der Waals surface area contributed by atoms with Crippen LogP contribution in [0.4, 0.5) is 0 Å². The molecule has 0 aromatic rings. The fraction of sp³-hybridized carbons (Fsp3) is 0.769. The topological polar surface area (TPSA) is 69.6 Å². The van der Waals surface area contributed by atoms with E-state index in [2.05, 4.69) is 11.4 Å². The molecule has 4 nitrogen and oxygen atoms in total. The summed E-state index contributed by atoms with van der Waals surface area (Å²) in [6.07, 6.45) is 6.36. The Bertz CT molecular complexity index is 338. The first-order valence-corrected chi connectivity index (χ1v) is 6.32. The van der Waals surface area contributed by atoms with Crippen molar-refractivity contribution in [3.63, 3.8) is 0 Å². The van der Waals surface area contributed by atoms with Crippen molar-refractivity contribution in [2.75, 3.05) is 0 Å². The van der Waals surface area contributed by atoms with Crippen LogP contribution in [0.25, 0.3) is 0 Å². The van der Waals surface area contributed by atoms with Gasteiger partial charge in [-0.15, -0.1) is 0 Å². The molecule has 17 heavy (non-hydrogen) atoms. The molecule has 0 aromatic heterocycles. The van der Waals surface area contributed by atoms with Crippen LogP contribution < -0.4 is 5.32 Å². The lowest BCUT2D eigenvalue weighted by atomic mass is 9.79. The summed E-state index contributed by atoms with van der Waals surface area (Å²) >= 11 is 0. The lowest BCUT2D eigenvalue weighted by Gasteiger charge is -2.34. The molecule has 2 rings (SSSR count). The molecule has 1 heterocycles. The number of rotatable bonds is 2. The molecule has 1 amide bonds. The van der Waals surface area contributed by atoms with Gasteiger partial charge in [-0.2, -0.15) is 0 Å². The molecule has 0 aromatic carbocycles. The van der Waals surface area contributed by atoms with Gasteiger partial charge < -0.3 is 15.5 Å². The predicted molar refractivity (Wildman–Crippen MR) is 64.2 cm³/mol. The average Bonchev–Trinajstić information content (AvgIpc) is 2.53. The number of nitrogens with one attached hydrogen (secondary N) is 1. The maximum atomic E-state index is 11.6. The minimum absolute atomic E-state index is 0.0332. The van der Waals surface area contributed by atoms with Crippen LogP contribution in [0, 0.1) is 11.8 Å². The predicted octanol–water partition coefficient (Wildman–Crippen LogP) is 0.589. The lowest BCUT2D eigenvalue weighted by molar-refractivity contribution is -0.124. The van der Waals surface area contributed by atoms with E-state index in [0.717, 1.165) is 19.3 Å². The van der Waals surface area contributed by atoms with E-state index in [-0.39, 0.29) is 11.8 Å². The van der Waals surface area contributed by atoms with Gasteiger partial charge >= 0.3 is 0 Å². The molecule has 4 heteroatoms. The number of aliphatic hydroxyl groups excluding tert-OH is 1. The zero-order chi connectivity index (χ0) is 12.6. The summed E-state index contributed by atoms with van der Waals surface area (Å²) in [4.78, 5) is 11.6. The summed E-state index contributed by atoms with van der Waals surface area (Å²) in [6, 6.07) is -0.572. The van der Waals surface area contributed by atoms with Crippen molar-refractivity contribution in [2.45, 2.75) is 50.9 Å². The molecule has 1 saturated heterocycles. The number of carbonyl (C=O) groups excluding carboxylic acids is 1. The first-order chi connectivity index (χ1) is 7.94. The van der Waals surface area contributed by atoms with Gasteiger partial charge in [0.05, 0.1) is 23.7 Å². The summed E-state index contributed by atoms with van der Waals surface area (Å²) in [6.45, 7) is 3.31. The van der Waals surface area contributed by atoms with Gasteiger partial charge in [-0.05, 0) is 26.2 Å². The van der Waals surface area contributed by atoms with Gasteiger partial charge in [0.2, 0.25) is 5.91 Å². The Labute approximate surface area is 102 Å². The van der Waals surface area contributed by atoms with E-state index >= 15 is 0 Å². The van der Waals surface area contributed by atoms with Crippen molar-refractivity contribution >= 4 is 5.91 Å². The Morgan fingerprint density at radius 1 is 1.59 bits per heavy atom. The van der Waals surface area contributed by atoms with Crippen molar-refractivity contribution in [2.24, 2.45) is 11.8 Å². The largest absolute Gasteiger partial charge is 0.390 e. The quantitative estimate of drug-likeness (QED) is 0.618. The highest BCUT2D eigenvalue weighted by Crippen LogP contribution is 2.33. The maximum absolute atomic E-state index is 11.6. The number of hydrogen-bond donors (Lipinski definition) is 3. The molecule has 1 aliphatic heterocycles. The smallest absolute Gasteiger partial charge is 0.226 e. The summed E-state index contributed by atoms with van der Waals surface area (Å²) in [5.74, 6) is -0.626. The average molecular weight is 239 g/mol. The fourth-order valence-electron chi connectivity index (χ4n) is 2.76. The van der Waals surface area contributed by atoms with Crippen LogP contribution in [-0.2, 0) is 4.79 Å². The summed E-state index contributed by atoms with van der Waals surface area (Å²) < 4.78 is 0. The molecule has 0 spiro atoms. The molecular formula is C13H21NO3. The molecule has 1 aliphatic carbocycles. The second-order valence-corrected chi connectivity index (χ2v) is 5.45. The third kappa shape index (κ3) is 2.11. The standard InChI is InChI=1S/C13H21NO3/c1-8-12(16)14-11(13(8,2)17)10(15)9-6-4-3-5-7-9/h4,6,8-11,15,17H,3,5,7H2,1-2H3,(H,14,16)/t8-,9+,10-,11+,13-/m0/s1. The minimum Gasteiger partial charge on any atom is -0.390 e. The number of aliphatic hydroxyl groups is 2. The van der Waals surface area contributed by atoms with Crippen molar-refractivity contribution in [3.05, 3.63) is 12.2 Å². The maximum Gasteiger partial charge on any atom is 0.226 e. The number of amides is 1. The van der Waals surface area contributed by atoms with Crippen LogP contribution in [0.1, 0.15) is 33.1 Å². The molecule has 96 valence electrons. The molecule has 1 fully saturated rings. The van der Waals surface area contributed by atoms with Gasteiger partial charge in [-0.1, -0.05) is 19.1 Å². The van der Waals surface area contributed by atoms with Gasteiger partial charge in [0.15, 0.2) is 0 Å². The summed E-state index contributed by atoms with van der Waals surface area (Å²) in [5, 5.41) is 23.4. The highest BCUT2D eigenvalue weighted by molar-refractivity contribution is 5.83. The van der Waals surface area contributed by atoms with Gasteiger partial charge in [0, 0.05) is 5.92 Å². The first-order valence-electron chi connectivity index (χ1n) is 6.32. The number of carbonyl (C=O) groups is 1. The molecule has 0 bridgehead atoms. The summed E-state index contributed by atoms with van der Waals surface area (Å²) in [7, 11) is 0. The van der Waals surface area contributed by atoms with Crippen LogP contribution in [0.3, 0.4) is 0 Å². The molecule has 0 saturated carbocycles. The van der Waals surface area contributed by atoms with Gasteiger partial charge in [0.1, 0.15) is 0 Å². The molecule has 3 N–H and O–H groups in total. The summed E-state index contributed by atoms with van der Waals surface area (Å²) in [5.41, 5.74) is -1.18. The lowest BCUT2D eigenvalue weighted by Crippen LogP contribution is -2.52. The molecule has 0 radical (unpaired) electrons. The number of hydrogen-bond acceptors (Lipinski definition) is 3. The molecular weight excluding hydrogens is 218 g/mol. The van der Waals surface area contributed by atoms with Crippen molar-refractivity contribution in [3.8, 4) is 0 Å². The van der Waals surface area contributed by atoms with Crippen molar-refractivity contribution < 1.29 is 15.0 Å². The van der Waals surface area contributed by atoms with Gasteiger partial charge in [-0.25, -0.2) is 0 Å². The van der Waals surface area contributed by atoms with E-state index in [1.165, 1.54) is 0 Å². The normalized spacial score (nSPS) is 43.5. The van der Waals surface area contributed by atoms with E-state index in [9.17, 15) is 15.0 Å². The van der Waals surface area contributed by atoms with Crippen LogP contribution in [0.5, 0.6) is 0 Å². The monoisotopic (exact) mass is 239 g/mol. The third-order valence-electron chi connectivity index (χ3n) is 4.27. The van der Waals surface area contributed by atoms with E-state index < -0.39 is 23.7 Å². The molecule has 0 unspecified atom stereocenters. The second-order valence-electron chi connectivity index (χ2n) is 5.45. The first kappa shape index (κ1) is 12.6. The molecule has 5 atom stereocenters. The Morgan fingerprint density at radius 3 is 2.76 bits per heavy atom. The Kier molecular flexibility index (Phi) is 3.27. The van der Waals surface area contributed by atoms with Crippen LogP contribution in [0.15, 0.2) is 12.2 Å². The van der Waals surface area contributed by atoms with Gasteiger partial charge in [0.25, 0.3) is 0 Å². The molecule has 2 aliphatic rings. The zero-order valence-electron chi connectivity index (χ0n) is 10.4. The van der Waals surface area contributed by atoms with E-state index in [1.54, 1.807) is 13.8 Å². The van der Waals surface area contributed by atoms with Crippen LogP contribution in [0.2, 0.25) is 0 Å². The van der Waals surface area contributed by atoms with E-state index in [1.807, 2.05) is 6.08 Å². The second kappa shape index (κ2) is 4.42. The number of allylic oxidation sites excluding steroid dienone is 1. The van der Waals surface area contributed by atoms with Crippen LogP contribution >= 0.6 is 0 Å². The Balaban J connectivity index is 2.14. The highest BCUT2D eigenvalue weighted by atomic mass is 16.3. The SMILES string of the molecule is C[C@H]1C(=O)N[C@H]([C@@H](O)[C@@H]2C=CCCC2)[C@@]1(C)O. The van der Waals surface area contributed by atoms with Crippen LogP contribution in [-0.4, -0.2) is 33.9 Å². The zero-order valence-corrected chi connectivity index (χ0v) is 10.4. The Hall–Kier alpha value is -0.870. The van der Waals surface area contributed by atoms with E-state index in [0.29, 0.717) is 0 Å². The fourth-order valence-corrected chi connectivity index (χ4v) is 2.76. The highest BCUT2D eigenvalue weighted by Gasteiger charge is 2.52. The third-order valence-corrected chi connectivity index (χ3v) is 4.27. The van der Waals surface area contributed by atoms with Crippen molar-refractivity contribution in [1.82, 2.24) is 5.32 Å². The van der Waals surface area contributed by atoms with E-state index in [4.69, 9.17) is 0 Å². The minimum atomic E-state index is -1.18. The van der Waals surface area contributed by atoms with Gasteiger partial charge in [-0.3, -0.25) is 4.79 Å².